The molecule has 3 rings (SSSR count). The molecule has 11 nitrogen and oxygen atoms in total. The van der Waals surface area contributed by atoms with Crippen LogP contribution < -0.4 is 21.3 Å². The summed E-state index contributed by atoms with van der Waals surface area (Å²) < 4.78 is 13.2. The molecule has 1 heterocycles. The molecule has 192 valence electrons. The number of carbonyl (C=O) groups is 3. The highest BCUT2D eigenvalue weighted by Gasteiger charge is 2.23. The molecular formula is C23H25ClFN5O6. The molecule has 0 saturated carbocycles. The number of halogens is 2. The first-order chi connectivity index (χ1) is 17.0. The van der Waals surface area contributed by atoms with Crippen LogP contribution >= 0.6 is 11.6 Å². The maximum Gasteiger partial charge on any atom is 0.305 e. The van der Waals surface area contributed by atoms with Gasteiger partial charge in [-0.15, -0.1) is 0 Å². The molecular weight excluding hydrogens is 497 g/mol. The maximum absolute atomic E-state index is 13.2. The standard InChI is InChI=1S/C23H25ClFN5O6/c1-11-2-13(24)5-17(21(11)35)18(7-20(33)34)30-19(32)10-26-22(36)12-3-15(6-16(31)4-12)29-23-27-8-14(25)9-28-23/h2-6,14,18,31,35H,7-10H2,1H3,(H,26,36)(H,30,32)(H,33,34)(H2,27,28,29). The van der Waals surface area contributed by atoms with E-state index < -0.39 is 43.0 Å². The number of hydrogen-bond donors (Lipinski definition) is 7. The molecule has 0 fully saturated rings. The van der Waals surface area contributed by atoms with Gasteiger partial charge in [-0.25, -0.2) is 9.38 Å². The van der Waals surface area contributed by atoms with Gasteiger partial charge in [-0.05, 0) is 36.8 Å². The highest BCUT2D eigenvalue weighted by atomic mass is 35.5. The van der Waals surface area contributed by atoms with E-state index in [1.807, 2.05) is 0 Å². The normalized spacial score (nSPS) is 15.8. The van der Waals surface area contributed by atoms with Crippen LogP contribution in [0.15, 0.2) is 35.3 Å². The molecule has 7 N–H and O–H groups in total. The summed E-state index contributed by atoms with van der Waals surface area (Å²) in [6.07, 6.45) is -1.63. The first-order valence-corrected chi connectivity index (χ1v) is 11.2. The second-order valence-corrected chi connectivity index (χ2v) is 8.56. The van der Waals surface area contributed by atoms with Gasteiger partial charge in [0.15, 0.2) is 5.96 Å². The van der Waals surface area contributed by atoms with Gasteiger partial charge in [0, 0.05) is 27.9 Å². The van der Waals surface area contributed by atoms with Crippen molar-refractivity contribution in [1.82, 2.24) is 16.0 Å². The van der Waals surface area contributed by atoms with Crippen LogP contribution in [0.3, 0.4) is 0 Å². The van der Waals surface area contributed by atoms with E-state index in [9.17, 15) is 34.1 Å². The van der Waals surface area contributed by atoms with Crippen molar-refractivity contribution in [3.8, 4) is 11.5 Å². The highest BCUT2D eigenvalue weighted by molar-refractivity contribution is 6.30. The van der Waals surface area contributed by atoms with Gasteiger partial charge >= 0.3 is 5.97 Å². The molecule has 36 heavy (non-hydrogen) atoms. The Kier molecular flexibility index (Phi) is 8.54. The van der Waals surface area contributed by atoms with Gasteiger partial charge in [0.25, 0.3) is 5.91 Å². The van der Waals surface area contributed by atoms with E-state index in [1.165, 1.54) is 30.3 Å². The molecule has 2 aromatic carbocycles. The van der Waals surface area contributed by atoms with Crippen LogP contribution in [0.4, 0.5) is 10.1 Å². The second kappa shape index (κ2) is 11.6. The fourth-order valence-corrected chi connectivity index (χ4v) is 3.78. The molecule has 1 aliphatic rings. The van der Waals surface area contributed by atoms with Crippen LogP contribution in [-0.2, 0) is 9.59 Å². The van der Waals surface area contributed by atoms with Crippen LogP contribution in [0.5, 0.6) is 11.5 Å². The smallest absolute Gasteiger partial charge is 0.305 e. The molecule has 2 unspecified atom stereocenters. The topological polar surface area (TPSA) is 172 Å². The number of nitrogens with zero attached hydrogens (tertiary/aromatic N) is 1. The van der Waals surface area contributed by atoms with Crippen LogP contribution in [-0.4, -0.2) is 64.9 Å². The molecule has 2 amide bonds. The first kappa shape index (κ1) is 26.5. The number of nitrogens with one attached hydrogen (secondary N) is 4. The number of aliphatic carboxylic acids is 1. The molecule has 2 atom stereocenters. The lowest BCUT2D eigenvalue weighted by Crippen LogP contribution is -2.41. The molecule has 0 aliphatic carbocycles. The summed E-state index contributed by atoms with van der Waals surface area (Å²) in [5.74, 6) is -2.78. The zero-order valence-electron chi connectivity index (χ0n) is 19.1. The van der Waals surface area contributed by atoms with E-state index >= 15 is 0 Å². The number of amides is 2. The average Bonchev–Trinajstić information content (AvgIpc) is 2.80. The van der Waals surface area contributed by atoms with Crippen molar-refractivity contribution in [2.45, 2.75) is 25.6 Å². The third-order valence-electron chi connectivity index (χ3n) is 5.17. The van der Waals surface area contributed by atoms with Gasteiger partial charge in [-0.2, -0.15) is 0 Å². The van der Waals surface area contributed by atoms with Crippen LogP contribution in [0, 0.1) is 6.92 Å². The van der Waals surface area contributed by atoms with E-state index in [2.05, 4.69) is 26.3 Å². The van der Waals surface area contributed by atoms with Crippen molar-refractivity contribution >= 4 is 41.0 Å². The quantitative estimate of drug-likeness (QED) is 0.275. The zero-order valence-corrected chi connectivity index (χ0v) is 19.9. The Morgan fingerprint density at radius 1 is 1.22 bits per heavy atom. The van der Waals surface area contributed by atoms with E-state index in [-0.39, 0.29) is 46.7 Å². The lowest BCUT2D eigenvalue weighted by atomic mass is 10.00. The number of alkyl halides is 1. The van der Waals surface area contributed by atoms with E-state index in [0.717, 1.165) is 0 Å². The summed E-state index contributed by atoms with van der Waals surface area (Å²) in [6.45, 7) is 1.12. The number of hydrogen-bond acceptors (Lipinski definition) is 8. The maximum atomic E-state index is 13.2. The third-order valence-corrected chi connectivity index (χ3v) is 5.39. The number of aliphatic imine (C=N–C) groups is 1. The van der Waals surface area contributed by atoms with Crippen molar-refractivity contribution in [2.75, 3.05) is 25.0 Å². The Morgan fingerprint density at radius 3 is 2.64 bits per heavy atom. The highest BCUT2D eigenvalue weighted by Crippen LogP contribution is 2.32. The second-order valence-electron chi connectivity index (χ2n) is 8.12. The molecule has 1 aliphatic heterocycles. The first-order valence-electron chi connectivity index (χ1n) is 10.8. The predicted molar refractivity (Wildman–Crippen MR) is 130 cm³/mol. The molecule has 0 radical (unpaired) electrons. The third kappa shape index (κ3) is 7.22. The Morgan fingerprint density at radius 2 is 1.97 bits per heavy atom. The number of aryl methyl sites for hydroxylation is 1. The Balaban J connectivity index is 1.66. The summed E-state index contributed by atoms with van der Waals surface area (Å²) >= 11 is 6.02. The minimum absolute atomic E-state index is 0.0218. The number of carboxylic acid groups (broad SMARTS) is 1. The lowest BCUT2D eigenvalue weighted by Gasteiger charge is -2.20. The van der Waals surface area contributed by atoms with Crippen molar-refractivity contribution in [1.29, 1.82) is 0 Å². The van der Waals surface area contributed by atoms with E-state index in [4.69, 9.17) is 11.6 Å². The van der Waals surface area contributed by atoms with Gasteiger partial charge in [0.05, 0.1) is 32.1 Å². The van der Waals surface area contributed by atoms with E-state index in [0.29, 0.717) is 11.3 Å². The number of guanidine groups is 1. The molecule has 0 bridgehead atoms. The van der Waals surface area contributed by atoms with Crippen LogP contribution in [0.2, 0.25) is 5.02 Å². The van der Waals surface area contributed by atoms with Crippen molar-refractivity contribution in [3.05, 3.63) is 52.0 Å². The number of anilines is 1. The van der Waals surface area contributed by atoms with Crippen molar-refractivity contribution in [3.63, 3.8) is 0 Å². The zero-order chi connectivity index (χ0) is 26.4. The molecule has 0 saturated heterocycles. The largest absolute Gasteiger partial charge is 0.508 e. The van der Waals surface area contributed by atoms with Crippen molar-refractivity contribution in [2.24, 2.45) is 4.99 Å². The summed E-state index contributed by atoms with van der Waals surface area (Å²) in [5.41, 5.74) is 0.864. The molecule has 0 spiro atoms. The Bertz CT molecular complexity index is 1210. The van der Waals surface area contributed by atoms with Crippen LogP contribution in [0.1, 0.15) is 33.9 Å². The monoisotopic (exact) mass is 521 g/mol. The Labute approximate surface area is 210 Å². The number of aromatic hydroxyl groups is 2. The molecule has 2 aromatic rings. The van der Waals surface area contributed by atoms with Crippen LogP contribution in [0.25, 0.3) is 0 Å². The van der Waals surface area contributed by atoms with Gasteiger partial charge in [-0.3, -0.25) is 14.4 Å². The average molecular weight is 522 g/mol. The van der Waals surface area contributed by atoms with Gasteiger partial charge < -0.3 is 36.6 Å². The Hall–Kier alpha value is -4.06. The fraction of sp³-hybridized carbons (Fsp3) is 0.304. The minimum Gasteiger partial charge on any atom is -0.508 e. The minimum atomic E-state index is -1.22. The number of rotatable bonds is 8. The number of carboxylic acids is 1. The molecule has 0 aromatic heterocycles. The summed E-state index contributed by atoms with van der Waals surface area (Å²) in [5, 5.41) is 40.3. The van der Waals surface area contributed by atoms with Gasteiger partial charge in [-0.1, -0.05) is 11.6 Å². The van der Waals surface area contributed by atoms with E-state index in [1.54, 1.807) is 6.92 Å². The number of phenolic OH excluding ortho intramolecular Hbond substituents is 2. The number of phenols is 2. The predicted octanol–water partition coefficient (Wildman–Crippen LogP) is 1.83. The summed E-state index contributed by atoms with van der Waals surface area (Å²) in [6, 6.07) is 5.67. The van der Waals surface area contributed by atoms with Gasteiger partial charge in [0.2, 0.25) is 5.91 Å². The SMILES string of the molecule is Cc1cc(Cl)cc(C(CC(=O)O)NC(=O)CNC(=O)c2cc(O)cc(NC3=NCC(F)CN3)c2)c1O. The fourth-order valence-electron chi connectivity index (χ4n) is 3.50. The van der Waals surface area contributed by atoms with Gasteiger partial charge in [0.1, 0.15) is 17.7 Å². The lowest BCUT2D eigenvalue weighted by molar-refractivity contribution is -0.137. The molecule has 13 heteroatoms. The summed E-state index contributed by atoms with van der Waals surface area (Å²) in [7, 11) is 0. The van der Waals surface area contributed by atoms with Crippen molar-refractivity contribution < 1.29 is 34.1 Å². The number of benzene rings is 2. The summed E-state index contributed by atoms with van der Waals surface area (Å²) in [4.78, 5) is 40.4. The number of carbonyl (C=O) groups excluding carboxylic acids is 2.